The lowest BCUT2D eigenvalue weighted by Crippen LogP contribution is -2.42. The van der Waals surface area contributed by atoms with Gasteiger partial charge in [0.1, 0.15) is 0 Å². The van der Waals surface area contributed by atoms with Crippen LogP contribution in [0.2, 0.25) is 10.0 Å². The van der Waals surface area contributed by atoms with Crippen LogP contribution >= 0.6 is 23.2 Å². The molecule has 1 N–H and O–H groups in total. The van der Waals surface area contributed by atoms with Crippen molar-refractivity contribution in [2.45, 2.75) is 38.6 Å². The van der Waals surface area contributed by atoms with Gasteiger partial charge in [0.2, 0.25) is 11.8 Å². The SMILES string of the molecule is CN(C)CCCN(Cc1ccc(Cl)c(Cl)c1)C(=O)CNC(=O)C1CCCC1. The molecule has 1 fully saturated rings. The Hall–Kier alpha value is -1.30. The van der Waals surface area contributed by atoms with Crippen LogP contribution in [0.5, 0.6) is 0 Å². The lowest BCUT2D eigenvalue weighted by molar-refractivity contribution is -0.134. The molecule has 5 nitrogen and oxygen atoms in total. The van der Waals surface area contributed by atoms with Gasteiger partial charge in [0.25, 0.3) is 0 Å². The molecule has 0 heterocycles. The summed E-state index contributed by atoms with van der Waals surface area (Å²) in [5, 5.41) is 3.79. The monoisotopic (exact) mass is 413 g/mol. The van der Waals surface area contributed by atoms with Gasteiger partial charge in [-0.05, 0) is 57.6 Å². The topological polar surface area (TPSA) is 52.6 Å². The highest BCUT2D eigenvalue weighted by atomic mass is 35.5. The van der Waals surface area contributed by atoms with Gasteiger partial charge in [-0.2, -0.15) is 0 Å². The minimum absolute atomic E-state index is 0.00336. The van der Waals surface area contributed by atoms with Crippen molar-refractivity contribution in [2.75, 3.05) is 33.7 Å². The number of amides is 2. The summed E-state index contributed by atoms with van der Waals surface area (Å²) in [6.45, 7) is 2.00. The molecule has 0 radical (unpaired) electrons. The second kappa shape index (κ2) is 10.9. The Morgan fingerprint density at radius 1 is 1.11 bits per heavy atom. The molecule has 1 aliphatic rings. The molecule has 1 aliphatic carbocycles. The first-order valence-electron chi connectivity index (χ1n) is 9.51. The van der Waals surface area contributed by atoms with Crippen LogP contribution < -0.4 is 5.32 Å². The molecule has 2 amide bonds. The largest absolute Gasteiger partial charge is 0.347 e. The Labute approximate surface area is 172 Å². The molecule has 0 aromatic heterocycles. The van der Waals surface area contributed by atoms with Gasteiger partial charge >= 0.3 is 0 Å². The maximum Gasteiger partial charge on any atom is 0.242 e. The summed E-state index contributed by atoms with van der Waals surface area (Å²) in [6.07, 6.45) is 4.91. The Kier molecular flexibility index (Phi) is 8.87. The lowest BCUT2D eigenvalue weighted by atomic mass is 10.1. The van der Waals surface area contributed by atoms with E-state index in [4.69, 9.17) is 23.2 Å². The van der Waals surface area contributed by atoms with Crippen LogP contribution in [0.25, 0.3) is 0 Å². The first-order valence-corrected chi connectivity index (χ1v) is 10.3. The van der Waals surface area contributed by atoms with Crippen LogP contribution in [0.15, 0.2) is 18.2 Å². The molecule has 0 saturated heterocycles. The van der Waals surface area contributed by atoms with E-state index in [1.54, 1.807) is 17.0 Å². The van der Waals surface area contributed by atoms with Gasteiger partial charge in [0.05, 0.1) is 16.6 Å². The maximum absolute atomic E-state index is 12.7. The molecule has 0 unspecified atom stereocenters. The van der Waals surface area contributed by atoms with E-state index in [-0.39, 0.29) is 24.3 Å². The zero-order valence-electron chi connectivity index (χ0n) is 16.1. The number of hydrogen-bond acceptors (Lipinski definition) is 3. The highest BCUT2D eigenvalue weighted by Gasteiger charge is 2.23. The molecule has 27 heavy (non-hydrogen) atoms. The summed E-state index contributed by atoms with van der Waals surface area (Å²) in [7, 11) is 4.01. The summed E-state index contributed by atoms with van der Waals surface area (Å²) >= 11 is 12.1. The molecule has 1 aromatic rings. The molecule has 0 aliphatic heterocycles. The van der Waals surface area contributed by atoms with Gasteiger partial charge in [-0.3, -0.25) is 9.59 Å². The third-order valence-electron chi connectivity index (χ3n) is 4.88. The van der Waals surface area contributed by atoms with E-state index in [2.05, 4.69) is 10.2 Å². The standard InChI is InChI=1S/C20H29Cl2N3O2/c1-24(2)10-5-11-25(14-15-8-9-17(21)18(22)12-15)19(26)13-23-20(27)16-6-3-4-7-16/h8-9,12,16H,3-7,10-11,13-14H2,1-2H3,(H,23,27). The molecular weight excluding hydrogens is 385 g/mol. The van der Waals surface area contributed by atoms with Crippen molar-refractivity contribution in [3.05, 3.63) is 33.8 Å². The number of rotatable bonds is 9. The number of halogens is 2. The summed E-state index contributed by atoms with van der Waals surface area (Å²) < 4.78 is 0. The van der Waals surface area contributed by atoms with Crippen LogP contribution in [0, 0.1) is 5.92 Å². The Morgan fingerprint density at radius 2 is 1.81 bits per heavy atom. The number of carbonyl (C=O) groups is 2. The van der Waals surface area contributed by atoms with Gasteiger partial charge in [-0.1, -0.05) is 42.1 Å². The van der Waals surface area contributed by atoms with Gasteiger partial charge < -0.3 is 15.1 Å². The smallest absolute Gasteiger partial charge is 0.242 e. The van der Waals surface area contributed by atoms with Crippen LogP contribution in [-0.4, -0.2) is 55.3 Å². The molecule has 1 saturated carbocycles. The number of benzene rings is 1. The van der Waals surface area contributed by atoms with E-state index < -0.39 is 0 Å². The average molecular weight is 414 g/mol. The maximum atomic E-state index is 12.7. The Morgan fingerprint density at radius 3 is 2.44 bits per heavy atom. The van der Waals surface area contributed by atoms with Crippen LogP contribution in [0.3, 0.4) is 0 Å². The Balaban J connectivity index is 1.95. The van der Waals surface area contributed by atoms with Crippen molar-refractivity contribution >= 4 is 35.0 Å². The predicted molar refractivity (Wildman–Crippen MR) is 110 cm³/mol. The highest BCUT2D eigenvalue weighted by molar-refractivity contribution is 6.42. The fourth-order valence-electron chi connectivity index (χ4n) is 3.33. The van der Waals surface area contributed by atoms with Crippen molar-refractivity contribution in [3.63, 3.8) is 0 Å². The van der Waals surface area contributed by atoms with Crippen LogP contribution in [0.4, 0.5) is 0 Å². The first-order chi connectivity index (χ1) is 12.9. The summed E-state index contributed by atoms with van der Waals surface area (Å²) in [4.78, 5) is 28.8. The van der Waals surface area contributed by atoms with Gasteiger partial charge in [-0.15, -0.1) is 0 Å². The molecule has 0 atom stereocenters. The third-order valence-corrected chi connectivity index (χ3v) is 5.62. The van der Waals surface area contributed by atoms with E-state index in [0.29, 0.717) is 23.1 Å². The van der Waals surface area contributed by atoms with E-state index in [1.807, 2.05) is 20.2 Å². The Bertz CT molecular complexity index is 646. The molecule has 150 valence electrons. The normalized spacial score (nSPS) is 14.6. The van der Waals surface area contributed by atoms with Crippen molar-refractivity contribution in [1.82, 2.24) is 15.1 Å². The number of nitrogens with zero attached hydrogens (tertiary/aromatic N) is 2. The van der Waals surface area contributed by atoms with E-state index in [9.17, 15) is 9.59 Å². The highest BCUT2D eigenvalue weighted by Crippen LogP contribution is 2.25. The predicted octanol–water partition coefficient (Wildman–Crippen LogP) is 3.58. The molecule has 0 spiro atoms. The lowest BCUT2D eigenvalue weighted by Gasteiger charge is -2.24. The summed E-state index contributed by atoms with van der Waals surface area (Å²) in [5.41, 5.74) is 0.921. The summed E-state index contributed by atoms with van der Waals surface area (Å²) in [6, 6.07) is 5.40. The second-order valence-corrected chi connectivity index (χ2v) is 8.23. The van der Waals surface area contributed by atoms with E-state index in [0.717, 1.165) is 44.2 Å². The average Bonchev–Trinajstić information content (AvgIpc) is 3.16. The van der Waals surface area contributed by atoms with Crippen LogP contribution in [0.1, 0.15) is 37.7 Å². The van der Waals surface area contributed by atoms with E-state index in [1.165, 1.54) is 0 Å². The first kappa shape index (κ1) is 22.0. The fraction of sp³-hybridized carbons (Fsp3) is 0.600. The minimum atomic E-state index is -0.0776. The van der Waals surface area contributed by atoms with Gasteiger partial charge in [0.15, 0.2) is 0 Å². The van der Waals surface area contributed by atoms with Crippen molar-refractivity contribution in [3.8, 4) is 0 Å². The zero-order valence-corrected chi connectivity index (χ0v) is 17.7. The molecule has 7 heteroatoms. The second-order valence-electron chi connectivity index (χ2n) is 7.42. The van der Waals surface area contributed by atoms with E-state index >= 15 is 0 Å². The quantitative estimate of drug-likeness (QED) is 0.672. The number of carbonyl (C=O) groups excluding carboxylic acids is 2. The summed E-state index contributed by atoms with van der Waals surface area (Å²) in [5.74, 6) is -0.00938. The third kappa shape index (κ3) is 7.32. The molecule has 2 rings (SSSR count). The van der Waals surface area contributed by atoms with Gasteiger partial charge in [-0.25, -0.2) is 0 Å². The fourth-order valence-corrected chi connectivity index (χ4v) is 3.66. The van der Waals surface area contributed by atoms with Crippen molar-refractivity contribution in [1.29, 1.82) is 0 Å². The molecular formula is C20H29Cl2N3O2. The molecule has 1 aromatic carbocycles. The van der Waals surface area contributed by atoms with Crippen molar-refractivity contribution in [2.24, 2.45) is 5.92 Å². The minimum Gasteiger partial charge on any atom is -0.347 e. The van der Waals surface area contributed by atoms with Crippen molar-refractivity contribution < 1.29 is 9.59 Å². The zero-order chi connectivity index (χ0) is 19.8. The number of hydrogen-bond donors (Lipinski definition) is 1. The number of nitrogens with one attached hydrogen (secondary N) is 1. The molecule has 0 bridgehead atoms. The van der Waals surface area contributed by atoms with Gasteiger partial charge in [0, 0.05) is 19.0 Å². The van der Waals surface area contributed by atoms with Crippen LogP contribution in [-0.2, 0) is 16.1 Å².